The monoisotopic (exact) mass is 308 g/mol. The van der Waals surface area contributed by atoms with Gasteiger partial charge in [-0.05, 0) is 31.2 Å². The maximum atomic E-state index is 11.8. The molecule has 0 fully saturated rings. The Morgan fingerprint density at radius 2 is 1.45 bits per heavy atom. The van der Waals surface area contributed by atoms with Crippen LogP contribution in [0, 0.1) is 0 Å². The fourth-order valence-electron chi connectivity index (χ4n) is 1.74. The Labute approximate surface area is 126 Å². The third-order valence-corrected chi connectivity index (χ3v) is 2.66. The SMILES string of the molecule is CC(=O)c1ccc(NC(=O)CN(CC(=O)O)CC(=O)O)cc1. The van der Waals surface area contributed by atoms with Gasteiger partial charge < -0.3 is 15.5 Å². The van der Waals surface area contributed by atoms with Crippen molar-refractivity contribution in [2.75, 3.05) is 25.0 Å². The summed E-state index contributed by atoms with van der Waals surface area (Å²) in [4.78, 5) is 45.2. The second kappa shape index (κ2) is 7.89. The summed E-state index contributed by atoms with van der Waals surface area (Å²) in [5, 5.41) is 19.9. The molecule has 1 rings (SSSR count). The van der Waals surface area contributed by atoms with E-state index in [0.29, 0.717) is 11.3 Å². The lowest BCUT2D eigenvalue weighted by molar-refractivity contribution is -0.142. The molecule has 22 heavy (non-hydrogen) atoms. The topological polar surface area (TPSA) is 124 Å². The summed E-state index contributed by atoms with van der Waals surface area (Å²) in [5.41, 5.74) is 0.928. The second-order valence-corrected chi connectivity index (χ2v) is 4.61. The van der Waals surface area contributed by atoms with E-state index in [0.717, 1.165) is 4.90 Å². The number of amides is 1. The molecule has 0 spiro atoms. The van der Waals surface area contributed by atoms with Crippen molar-refractivity contribution in [3.63, 3.8) is 0 Å². The molecule has 1 aromatic carbocycles. The highest BCUT2D eigenvalue weighted by atomic mass is 16.4. The van der Waals surface area contributed by atoms with E-state index in [1.807, 2.05) is 0 Å². The van der Waals surface area contributed by atoms with Gasteiger partial charge in [0.25, 0.3) is 0 Å². The normalized spacial score (nSPS) is 10.3. The number of benzene rings is 1. The van der Waals surface area contributed by atoms with Gasteiger partial charge >= 0.3 is 11.9 Å². The first-order valence-corrected chi connectivity index (χ1v) is 6.34. The predicted octanol–water partition coefficient (Wildman–Crippen LogP) is 0.299. The zero-order valence-corrected chi connectivity index (χ0v) is 11.9. The highest BCUT2D eigenvalue weighted by Gasteiger charge is 2.17. The summed E-state index contributed by atoms with van der Waals surface area (Å²) >= 11 is 0. The number of rotatable bonds is 8. The number of nitrogens with zero attached hydrogens (tertiary/aromatic N) is 1. The van der Waals surface area contributed by atoms with Crippen LogP contribution >= 0.6 is 0 Å². The molecule has 8 nitrogen and oxygen atoms in total. The van der Waals surface area contributed by atoms with Crippen LogP contribution in [-0.4, -0.2) is 58.4 Å². The molecular weight excluding hydrogens is 292 g/mol. The number of aliphatic carboxylic acids is 2. The van der Waals surface area contributed by atoms with Crippen molar-refractivity contribution in [1.82, 2.24) is 4.90 Å². The van der Waals surface area contributed by atoms with Crippen LogP contribution in [0.2, 0.25) is 0 Å². The van der Waals surface area contributed by atoms with Gasteiger partial charge in [0.2, 0.25) is 5.91 Å². The molecule has 8 heteroatoms. The second-order valence-electron chi connectivity index (χ2n) is 4.61. The van der Waals surface area contributed by atoms with Crippen molar-refractivity contribution in [1.29, 1.82) is 0 Å². The van der Waals surface area contributed by atoms with Gasteiger partial charge in [0.15, 0.2) is 5.78 Å². The van der Waals surface area contributed by atoms with E-state index in [1.165, 1.54) is 19.1 Å². The van der Waals surface area contributed by atoms with Crippen LogP contribution in [0.4, 0.5) is 5.69 Å². The number of carbonyl (C=O) groups excluding carboxylic acids is 2. The molecule has 0 heterocycles. The van der Waals surface area contributed by atoms with Crippen molar-refractivity contribution < 1.29 is 29.4 Å². The lowest BCUT2D eigenvalue weighted by Gasteiger charge is -2.17. The molecule has 0 aliphatic heterocycles. The van der Waals surface area contributed by atoms with E-state index in [9.17, 15) is 19.2 Å². The number of hydrogen-bond acceptors (Lipinski definition) is 5. The molecule has 1 aromatic rings. The van der Waals surface area contributed by atoms with Crippen molar-refractivity contribution >= 4 is 29.3 Å². The maximum absolute atomic E-state index is 11.8. The van der Waals surface area contributed by atoms with Crippen LogP contribution in [0.1, 0.15) is 17.3 Å². The van der Waals surface area contributed by atoms with Crippen LogP contribution in [-0.2, 0) is 14.4 Å². The molecule has 0 saturated heterocycles. The van der Waals surface area contributed by atoms with Crippen molar-refractivity contribution in [3.05, 3.63) is 29.8 Å². The van der Waals surface area contributed by atoms with Crippen LogP contribution in [0.25, 0.3) is 0 Å². The van der Waals surface area contributed by atoms with E-state index >= 15 is 0 Å². The van der Waals surface area contributed by atoms with Crippen molar-refractivity contribution in [2.45, 2.75) is 6.92 Å². The number of nitrogens with one attached hydrogen (secondary N) is 1. The Morgan fingerprint density at radius 1 is 0.955 bits per heavy atom. The third-order valence-electron chi connectivity index (χ3n) is 2.66. The maximum Gasteiger partial charge on any atom is 0.317 e. The molecule has 0 atom stereocenters. The molecule has 0 aromatic heterocycles. The minimum Gasteiger partial charge on any atom is -0.480 e. The lowest BCUT2D eigenvalue weighted by atomic mass is 10.1. The zero-order valence-electron chi connectivity index (χ0n) is 11.9. The quantitative estimate of drug-likeness (QED) is 0.590. The number of hydrogen-bond donors (Lipinski definition) is 3. The Hall–Kier alpha value is -2.74. The number of carboxylic acids is 2. The largest absolute Gasteiger partial charge is 0.480 e. The number of carboxylic acid groups (broad SMARTS) is 2. The first-order chi connectivity index (χ1) is 10.3. The highest BCUT2D eigenvalue weighted by Crippen LogP contribution is 2.10. The van der Waals surface area contributed by atoms with Crippen LogP contribution < -0.4 is 5.32 Å². The van der Waals surface area contributed by atoms with Gasteiger partial charge in [0, 0.05) is 11.3 Å². The molecule has 0 radical (unpaired) electrons. The Balaban J connectivity index is 2.64. The van der Waals surface area contributed by atoms with Gasteiger partial charge in [-0.1, -0.05) is 0 Å². The fraction of sp³-hybridized carbons (Fsp3) is 0.286. The zero-order chi connectivity index (χ0) is 16.7. The minimum absolute atomic E-state index is 0.105. The molecule has 0 aliphatic carbocycles. The van der Waals surface area contributed by atoms with Crippen LogP contribution in [0.3, 0.4) is 0 Å². The van der Waals surface area contributed by atoms with Crippen molar-refractivity contribution in [2.24, 2.45) is 0 Å². The van der Waals surface area contributed by atoms with Gasteiger partial charge in [0.1, 0.15) is 0 Å². The summed E-state index contributed by atoms with van der Waals surface area (Å²) in [6, 6.07) is 6.16. The number of ketones is 1. The Morgan fingerprint density at radius 3 is 1.86 bits per heavy atom. The molecule has 0 bridgehead atoms. The summed E-state index contributed by atoms with van der Waals surface area (Å²) in [6.45, 7) is -0.0533. The summed E-state index contributed by atoms with van der Waals surface area (Å²) < 4.78 is 0. The van der Waals surface area contributed by atoms with Gasteiger partial charge in [-0.25, -0.2) is 0 Å². The minimum atomic E-state index is -1.22. The number of anilines is 1. The fourth-order valence-corrected chi connectivity index (χ4v) is 1.74. The molecule has 0 aliphatic rings. The molecule has 118 valence electrons. The lowest BCUT2D eigenvalue weighted by Crippen LogP contribution is -2.40. The number of Topliss-reactive ketones (excluding diaryl/α,β-unsaturated/α-hetero) is 1. The molecule has 1 amide bonds. The van der Waals surface area contributed by atoms with Crippen LogP contribution in [0.5, 0.6) is 0 Å². The van der Waals surface area contributed by atoms with Crippen LogP contribution in [0.15, 0.2) is 24.3 Å². The van der Waals surface area contributed by atoms with E-state index in [2.05, 4.69) is 5.32 Å². The van der Waals surface area contributed by atoms with Gasteiger partial charge in [-0.15, -0.1) is 0 Å². The molecule has 3 N–H and O–H groups in total. The Kier molecular flexibility index (Phi) is 6.21. The van der Waals surface area contributed by atoms with Gasteiger partial charge in [0.05, 0.1) is 19.6 Å². The summed E-state index contributed by atoms with van der Waals surface area (Å²) in [7, 11) is 0. The summed E-state index contributed by atoms with van der Waals surface area (Å²) in [6.07, 6.45) is 0. The van der Waals surface area contributed by atoms with E-state index < -0.39 is 30.9 Å². The summed E-state index contributed by atoms with van der Waals surface area (Å²) in [5.74, 6) is -3.09. The smallest absolute Gasteiger partial charge is 0.317 e. The highest BCUT2D eigenvalue weighted by molar-refractivity contribution is 5.96. The van der Waals surface area contributed by atoms with E-state index in [1.54, 1.807) is 12.1 Å². The van der Waals surface area contributed by atoms with Crippen molar-refractivity contribution in [3.8, 4) is 0 Å². The standard InChI is InChI=1S/C14H16N2O6/c1-9(17)10-2-4-11(5-3-10)15-12(18)6-16(7-13(19)20)8-14(21)22/h2-5H,6-8H2,1H3,(H,15,18)(H,19,20)(H,21,22). The first kappa shape index (κ1) is 17.3. The van der Waals surface area contributed by atoms with E-state index in [-0.39, 0.29) is 12.3 Å². The van der Waals surface area contributed by atoms with E-state index in [4.69, 9.17) is 10.2 Å². The van der Waals surface area contributed by atoms with Gasteiger partial charge in [-0.2, -0.15) is 0 Å². The molecule has 0 saturated carbocycles. The number of carbonyl (C=O) groups is 4. The van der Waals surface area contributed by atoms with Gasteiger partial charge in [-0.3, -0.25) is 24.1 Å². The average Bonchev–Trinajstić information content (AvgIpc) is 2.37. The Bertz CT molecular complexity index is 566. The third kappa shape index (κ3) is 6.14. The predicted molar refractivity (Wildman–Crippen MR) is 76.8 cm³/mol. The first-order valence-electron chi connectivity index (χ1n) is 6.34. The molecule has 0 unspecified atom stereocenters. The average molecular weight is 308 g/mol. The molecular formula is C14H16N2O6.